The zero-order valence-electron chi connectivity index (χ0n) is 10.5. The van der Waals surface area contributed by atoms with Gasteiger partial charge >= 0.3 is 0 Å². The predicted octanol–water partition coefficient (Wildman–Crippen LogP) is 2.66. The van der Waals surface area contributed by atoms with Crippen LogP contribution in [-0.4, -0.2) is 44.9 Å². The molecule has 2 fully saturated rings. The number of nitrogens with zero attached hydrogens (tertiary/aromatic N) is 2. The molecule has 3 nitrogen and oxygen atoms in total. The number of hydrogen-bond acceptors (Lipinski definition) is 5. The van der Waals surface area contributed by atoms with Crippen LogP contribution < -0.4 is 0 Å². The molecule has 0 N–H and O–H groups in total. The van der Waals surface area contributed by atoms with Gasteiger partial charge in [-0.05, 0) is 13.8 Å². The second kappa shape index (κ2) is 5.67. The summed E-state index contributed by atoms with van der Waals surface area (Å²) in [6.45, 7) is 9.39. The molecule has 0 aliphatic carbocycles. The molecule has 2 rings (SSSR count). The number of hydrogen-bond donors (Lipinski definition) is 0. The van der Waals surface area contributed by atoms with Gasteiger partial charge in [0.05, 0.1) is 5.03 Å². The molecule has 1 atom stereocenters. The molecule has 0 aromatic heterocycles. The fourth-order valence-electron chi connectivity index (χ4n) is 2.04. The second-order valence-corrected chi connectivity index (χ2v) is 6.81. The summed E-state index contributed by atoms with van der Waals surface area (Å²) in [5.41, 5.74) is 0. The molecule has 2 saturated heterocycles. The van der Waals surface area contributed by atoms with Gasteiger partial charge in [0.1, 0.15) is 9.23 Å². The second-order valence-electron chi connectivity index (χ2n) is 4.15. The van der Waals surface area contributed by atoms with Crippen molar-refractivity contribution in [2.24, 2.45) is 0 Å². The third-order valence-corrected chi connectivity index (χ3v) is 5.88. The van der Waals surface area contributed by atoms with Crippen LogP contribution in [-0.2, 0) is 4.79 Å². The number of carbonyl (C=O) groups excluding carboxylic acids is 1. The van der Waals surface area contributed by atoms with E-state index in [9.17, 15) is 4.79 Å². The molecule has 18 heavy (non-hydrogen) atoms. The number of thiocarbonyl (C=S) groups is 1. The normalized spacial score (nSPS) is 28.4. The lowest BCUT2D eigenvalue weighted by Gasteiger charge is -2.22. The highest BCUT2D eigenvalue weighted by Crippen LogP contribution is 2.42. The fraction of sp³-hybridized carbons (Fsp3) is 0.500. The van der Waals surface area contributed by atoms with Crippen molar-refractivity contribution in [2.45, 2.75) is 19.9 Å². The van der Waals surface area contributed by atoms with E-state index in [1.807, 2.05) is 0 Å². The first kappa shape index (κ1) is 14.0. The van der Waals surface area contributed by atoms with Gasteiger partial charge in [-0.2, -0.15) is 0 Å². The van der Waals surface area contributed by atoms with E-state index in [1.54, 1.807) is 22.7 Å². The molecule has 0 aromatic carbocycles. The van der Waals surface area contributed by atoms with Crippen LogP contribution in [0.2, 0.25) is 0 Å². The van der Waals surface area contributed by atoms with Crippen LogP contribution in [0.1, 0.15) is 13.8 Å². The van der Waals surface area contributed by atoms with Crippen LogP contribution in [0.4, 0.5) is 0 Å². The number of rotatable bonds is 3. The molecule has 98 valence electrons. The van der Waals surface area contributed by atoms with Crippen molar-refractivity contribution in [3.05, 3.63) is 22.6 Å². The fourth-order valence-corrected chi connectivity index (χ4v) is 4.86. The first-order valence-corrected chi connectivity index (χ1v) is 8.09. The zero-order valence-corrected chi connectivity index (χ0v) is 13.0. The zero-order chi connectivity index (χ0) is 13.3. The number of amides is 1. The van der Waals surface area contributed by atoms with Crippen molar-refractivity contribution in [3.8, 4) is 0 Å². The van der Waals surface area contributed by atoms with Gasteiger partial charge in [0, 0.05) is 24.9 Å². The van der Waals surface area contributed by atoms with Gasteiger partial charge < -0.3 is 4.90 Å². The van der Waals surface area contributed by atoms with Crippen LogP contribution in [0.15, 0.2) is 22.6 Å². The summed E-state index contributed by atoms with van der Waals surface area (Å²) in [5, 5.41) is 1.09. The number of thioether (sulfide) groups is 2. The Morgan fingerprint density at radius 2 is 2.33 bits per heavy atom. The Hall–Kier alpha value is -0.460. The Labute approximate surface area is 122 Å². The van der Waals surface area contributed by atoms with Gasteiger partial charge in [-0.3, -0.25) is 9.69 Å². The molecular weight excluding hydrogens is 284 g/mol. The molecule has 2 aliphatic heterocycles. The Morgan fingerprint density at radius 3 is 2.94 bits per heavy atom. The van der Waals surface area contributed by atoms with Gasteiger partial charge in [-0.1, -0.05) is 30.1 Å². The first-order valence-electron chi connectivity index (χ1n) is 5.88. The Bertz CT molecular complexity index is 433. The van der Waals surface area contributed by atoms with Gasteiger partial charge in [0.25, 0.3) is 5.91 Å². The molecule has 0 saturated carbocycles. The monoisotopic (exact) mass is 300 g/mol. The van der Waals surface area contributed by atoms with Gasteiger partial charge in [0.2, 0.25) is 0 Å². The van der Waals surface area contributed by atoms with E-state index in [1.165, 1.54) is 11.8 Å². The molecule has 2 heterocycles. The maximum absolute atomic E-state index is 12.3. The van der Waals surface area contributed by atoms with Crippen molar-refractivity contribution in [3.63, 3.8) is 0 Å². The van der Waals surface area contributed by atoms with Crippen molar-refractivity contribution in [1.29, 1.82) is 0 Å². The molecule has 6 heteroatoms. The lowest BCUT2D eigenvalue weighted by atomic mass is 10.3. The molecule has 0 spiro atoms. The quantitative estimate of drug-likeness (QED) is 0.453. The predicted molar refractivity (Wildman–Crippen MR) is 83.4 cm³/mol. The average Bonchev–Trinajstić information content (AvgIpc) is 2.84. The summed E-state index contributed by atoms with van der Waals surface area (Å²) >= 11 is 8.43. The van der Waals surface area contributed by atoms with Crippen molar-refractivity contribution in [1.82, 2.24) is 9.80 Å². The molecule has 2 aliphatic rings. The highest BCUT2D eigenvalue weighted by atomic mass is 32.2. The Morgan fingerprint density at radius 1 is 1.61 bits per heavy atom. The summed E-state index contributed by atoms with van der Waals surface area (Å²) in [6, 6.07) is 0.484. The SMILES string of the molecule is C=CCN1C(=O)/C(=C2\SC[C@H](C)N2CC)SC1=S. The van der Waals surface area contributed by atoms with E-state index in [0.717, 1.165) is 22.2 Å². The van der Waals surface area contributed by atoms with Crippen molar-refractivity contribution >= 4 is 46.0 Å². The summed E-state index contributed by atoms with van der Waals surface area (Å²) in [5.74, 6) is 1.06. The maximum Gasteiger partial charge on any atom is 0.269 e. The number of carbonyl (C=O) groups is 1. The lowest BCUT2D eigenvalue weighted by molar-refractivity contribution is -0.121. The maximum atomic E-state index is 12.3. The minimum Gasteiger partial charge on any atom is -0.362 e. The van der Waals surface area contributed by atoms with Gasteiger partial charge in [-0.25, -0.2) is 0 Å². The van der Waals surface area contributed by atoms with Crippen molar-refractivity contribution in [2.75, 3.05) is 18.8 Å². The van der Waals surface area contributed by atoms with Gasteiger partial charge in [-0.15, -0.1) is 18.3 Å². The minimum atomic E-state index is 0.0277. The summed E-state index contributed by atoms with van der Waals surface area (Å²) in [7, 11) is 0. The van der Waals surface area contributed by atoms with E-state index in [0.29, 0.717) is 16.9 Å². The van der Waals surface area contributed by atoms with Crippen molar-refractivity contribution < 1.29 is 4.79 Å². The minimum absolute atomic E-state index is 0.0277. The third-order valence-electron chi connectivity index (χ3n) is 2.95. The molecule has 0 bridgehead atoms. The van der Waals surface area contributed by atoms with Crippen LogP contribution >= 0.6 is 35.7 Å². The van der Waals surface area contributed by atoms with E-state index in [-0.39, 0.29) is 5.91 Å². The van der Waals surface area contributed by atoms with Gasteiger partial charge in [0.15, 0.2) is 0 Å². The molecular formula is C12H16N2OS3. The molecule has 0 aromatic rings. The average molecular weight is 300 g/mol. The first-order chi connectivity index (χ1) is 8.60. The highest BCUT2D eigenvalue weighted by molar-refractivity contribution is 8.27. The van der Waals surface area contributed by atoms with E-state index < -0.39 is 0 Å². The summed E-state index contributed by atoms with van der Waals surface area (Å²) < 4.78 is 0.638. The van der Waals surface area contributed by atoms with Crippen LogP contribution in [0, 0.1) is 0 Å². The molecule has 0 radical (unpaired) electrons. The molecule has 0 unspecified atom stereocenters. The van der Waals surface area contributed by atoms with E-state index in [2.05, 4.69) is 25.3 Å². The topological polar surface area (TPSA) is 23.6 Å². The van der Waals surface area contributed by atoms with E-state index in [4.69, 9.17) is 12.2 Å². The Balaban J connectivity index is 2.31. The smallest absolute Gasteiger partial charge is 0.269 e. The molecule has 1 amide bonds. The largest absolute Gasteiger partial charge is 0.362 e. The van der Waals surface area contributed by atoms with E-state index >= 15 is 0 Å². The third kappa shape index (κ3) is 2.33. The van der Waals surface area contributed by atoms with Crippen LogP contribution in [0.25, 0.3) is 0 Å². The summed E-state index contributed by atoms with van der Waals surface area (Å²) in [4.78, 5) is 17.0. The summed E-state index contributed by atoms with van der Waals surface area (Å²) in [6.07, 6.45) is 1.71. The van der Waals surface area contributed by atoms with Crippen LogP contribution in [0.5, 0.6) is 0 Å². The Kier molecular flexibility index (Phi) is 4.40. The lowest BCUT2D eigenvalue weighted by Crippen LogP contribution is -2.30. The highest BCUT2D eigenvalue weighted by Gasteiger charge is 2.38. The van der Waals surface area contributed by atoms with Crippen LogP contribution in [0.3, 0.4) is 0 Å². The standard InChI is InChI=1S/C12H16N2OS3/c1-4-6-14-10(15)9(18-12(14)16)11-13(5-2)8(3)7-17-11/h4,8H,1,5-7H2,2-3H3/b11-9+/t8-/m0/s1.